The molecule has 21 heavy (non-hydrogen) atoms. The molecule has 0 spiro atoms. The SMILES string of the molecule is CCCCN(C(C)CC)C1(CN)CCc2ccccc2C1. The third-order valence-electron chi connectivity index (χ3n) is 5.36. The molecule has 1 aromatic rings. The summed E-state index contributed by atoms with van der Waals surface area (Å²) in [5.41, 5.74) is 9.53. The molecular formula is C19H32N2. The van der Waals surface area contributed by atoms with Gasteiger partial charge in [-0.3, -0.25) is 4.90 Å². The Balaban J connectivity index is 2.27. The van der Waals surface area contributed by atoms with Gasteiger partial charge in [0.1, 0.15) is 0 Å². The summed E-state index contributed by atoms with van der Waals surface area (Å²) in [6.45, 7) is 8.90. The molecule has 0 aliphatic heterocycles. The van der Waals surface area contributed by atoms with Gasteiger partial charge < -0.3 is 5.73 Å². The summed E-state index contributed by atoms with van der Waals surface area (Å²) in [7, 11) is 0. The number of rotatable bonds is 7. The van der Waals surface area contributed by atoms with Crippen LogP contribution in [0.5, 0.6) is 0 Å². The molecule has 1 aromatic carbocycles. The van der Waals surface area contributed by atoms with Crippen molar-refractivity contribution < 1.29 is 0 Å². The van der Waals surface area contributed by atoms with Gasteiger partial charge in [0, 0.05) is 18.1 Å². The second kappa shape index (κ2) is 7.42. The lowest BCUT2D eigenvalue weighted by atomic mass is 9.76. The van der Waals surface area contributed by atoms with Gasteiger partial charge in [0.2, 0.25) is 0 Å². The van der Waals surface area contributed by atoms with E-state index in [1.165, 1.54) is 49.8 Å². The quantitative estimate of drug-likeness (QED) is 0.827. The highest BCUT2D eigenvalue weighted by Crippen LogP contribution is 2.34. The van der Waals surface area contributed by atoms with Crippen LogP contribution in [0.1, 0.15) is 57.6 Å². The van der Waals surface area contributed by atoms with E-state index in [-0.39, 0.29) is 5.54 Å². The Hall–Kier alpha value is -0.860. The van der Waals surface area contributed by atoms with E-state index in [0.29, 0.717) is 6.04 Å². The molecule has 2 atom stereocenters. The zero-order valence-electron chi connectivity index (χ0n) is 14.1. The van der Waals surface area contributed by atoms with E-state index in [0.717, 1.165) is 13.0 Å². The number of hydrogen-bond donors (Lipinski definition) is 1. The van der Waals surface area contributed by atoms with Gasteiger partial charge in [-0.1, -0.05) is 44.5 Å². The average molecular weight is 288 g/mol. The van der Waals surface area contributed by atoms with Crippen molar-refractivity contribution in [1.29, 1.82) is 0 Å². The van der Waals surface area contributed by atoms with Crippen molar-refractivity contribution in [2.24, 2.45) is 5.73 Å². The molecule has 0 aromatic heterocycles. The summed E-state index contributed by atoms with van der Waals surface area (Å²) >= 11 is 0. The van der Waals surface area contributed by atoms with Crippen LogP contribution in [0.25, 0.3) is 0 Å². The van der Waals surface area contributed by atoms with Crippen LogP contribution in [0, 0.1) is 0 Å². The first-order valence-corrected chi connectivity index (χ1v) is 8.70. The summed E-state index contributed by atoms with van der Waals surface area (Å²) in [6, 6.07) is 9.54. The fourth-order valence-corrected chi connectivity index (χ4v) is 3.79. The predicted octanol–water partition coefficient (Wildman–Crippen LogP) is 3.77. The molecule has 2 rings (SSSR count). The lowest BCUT2D eigenvalue weighted by Crippen LogP contribution is -2.60. The van der Waals surface area contributed by atoms with Crippen molar-refractivity contribution in [2.45, 2.75) is 70.9 Å². The molecule has 0 heterocycles. The summed E-state index contributed by atoms with van der Waals surface area (Å²) < 4.78 is 0. The fourth-order valence-electron chi connectivity index (χ4n) is 3.79. The van der Waals surface area contributed by atoms with Crippen molar-refractivity contribution in [3.05, 3.63) is 35.4 Å². The van der Waals surface area contributed by atoms with Gasteiger partial charge >= 0.3 is 0 Å². The number of fused-ring (bicyclic) bond motifs is 1. The van der Waals surface area contributed by atoms with Gasteiger partial charge in [0.05, 0.1) is 0 Å². The van der Waals surface area contributed by atoms with E-state index in [1.54, 1.807) is 0 Å². The van der Waals surface area contributed by atoms with Crippen molar-refractivity contribution in [2.75, 3.05) is 13.1 Å². The van der Waals surface area contributed by atoms with E-state index >= 15 is 0 Å². The minimum absolute atomic E-state index is 0.166. The molecule has 0 saturated carbocycles. The number of aryl methyl sites for hydroxylation is 1. The zero-order chi connectivity index (χ0) is 15.3. The van der Waals surface area contributed by atoms with Crippen LogP contribution in [0.2, 0.25) is 0 Å². The predicted molar refractivity (Wildman–Crippen MR) is 91.6 cm³/mol. The summed E-state index contributed by atoms with van der Waals surface area (Å²) in [4.78, 5) is 2.73. The van der Waals surface area contributed by atoms with Crippen molar-refractivity contribution >= 4 is 0 Å². The van der Waals surface area contributed by atoms with Crippen molar-refractivity contribution in [1.82, 2.24) is 4.90 Å². The van der Waals surface area contributed by atoms with Crippen LogP contribution in [-0.4, -0.2) is 29.6 Å². The Morgan fingerprint density at radius 2 is 1.95 bits per heavy atom. The third-order valence-corrected chi connectivity index (χ3v) is 5.36. The van der Waals surface area contributed by atoms with Crippen LogP contribution in [0.3, 0.4) is 0 Å². The van der Waals surface area contributed by atoms with Crippen LogP contribution in [0.15, 0.2) is 24.3 Å². The molecule has 2 N–H and O–H groups in total. The lowest BCUT2D eigenvalue weighted by molar-refractivity contribution is 0.0392. The Bertz CT molecular complexity index is 443. The fraction of sp³-hybridized carbons (Fsp3) is 0.684. The molecule has 2 unspecified atom stereocenters. The number of nitrogens with two attached hydrogens (primary N) is 1. The number of unbranched alkanes of at least 4 members (excludes halogenated alkanes) is 1. The van der Waals surface area contributed by atoms with Crippen molar-refractivity contribution in [3.63, 3.8) is 0 Å². The van der Waals surface area contributed by atoms with Crippen LogP contribution in [0.4, 0.5) is 0 Å². The monoisotopic (exact) mass is 288 g/mol. The Labute approximate surface area is 130 Å². The average Bonchev–Trinajstić information content (AvgIpc) is 2.54. The maximum atomic E-state index is 6.32. The van der Waals surface area contributed by atoms with Gasteiger partial charge in [0.25, 0.3) is 0 Å². The molecule has 0 radical (unpaired) electrons. The van der Waals surface area contributed by atoms with E-state index in [2.05, 4.69) is 49.9 Å². The van der Waals surface area contributed by atoms with Crippen LogP contribution < -0.4 is 5.73 Å². The Kier molecular flexibility index (Phi) is 5.83. The molecule has 2 heteroatoms. The molecule has 1 aliphatic carbocycles. The van der Waals surface area contributed by atoms with Gasteiger partial charge in [0.15, 0.2) is 0 Å². The maximum absolute atomic E-state index is 6.32. The molecule has 0 amide bonds. The maximum Gasteiger partial charge on any atom is 0.0378 e. The smallest absolute Gasteiger partial charge is 0.0378 e. The first-order chi connectivity index (χ1) is 10.2. The normalized spacial score (nSPS) is 23.1. The Morgan fingerprint density at radius 3 is 2.57 bits per heavy atom. The highest BCUT2D eigenvalue weighted by atomic mass is 15.2. The lowest BCUT2D eigenvalue weighted by Gasteiger charge is -2.49. The van der Waals surface area contributed by atoms with Crippen LogP contribution in [-0.2, 0) is 12.8 Å². The van der Waals surface area contributed by atoms with Gasteiger partial charge in [-0.2, -0.15) is 0 Å². The molecule has 2 nitrogen and oxygen atoms in total. The number of nitrogens with zero attached hydrogens (tertiary/aromatic N) is 1. The first kappa shape index (κ1) is 16.5. The molecular weight excluding hydrogens is 256 g/mol. The highest BCUT2D eigenvalue weighted by molar-refractivity contribution is 5.32. The number of benzene rings is 1. The summed E-state index contributed by atoms with van der Waals surface area (Å²) in [5.74, 6) is 0. The summed E-state index contributed by atoms with van der Waals surface area (Å²) in [5, 5.41) is 0. The van der Waals surface area contributed by atoms with E-state index in [4.69, 9.17) is 5.73 Å². The zero-order valence-corrected chi connectivity index (χ0v) is 14.1. The topological polar surface area (TPSA) is 29.3 Å². The van der Waals surface area contributed by atoms with Crippen LogP contribution >= 0.6 is 0 Å². The summed E-state index contributed by atoms with van der Waals surface area (Å²) in [6.07, 6.45) is 7.22. The molecule has 0 saturated heterocycles. The molecule has 0 bridgehead atoms. The van der Waals surface area contributed by atoms with E-state index < -0.39 is 0 Å². The molecule has 1 aliphatic rings. The van der Waals surface area contributed by atoms with Gasteiger partial charge in [-0.15, -0.1) is 0 Å². The largest absolute Gasteiger partial charge is 0.329 e. The van der Waals surface area contributed by atoms with Crippen molar-refractivity contribution in [3.8, 4) is 0 Å². The minimum Gasteiger partial charge on any atom is -0.329 e. The number of hydrogen-bond acceptors (Lipinski definition) is 2. The van der Waals surface area contributed by atoms with E-state index in [9.17, 15) is 0 Å². The highest BCUT2D eigenvalue weighted by Gasteiger charge is 2.39. The third kappa shape index (κ3) is 3.49. The molecule has 118 valence electrons. The van der Waals surface area contributed by atoms with Gasteiger partial charge in [-0.25, -0.2) is 0 Å². The minimum atomic E-state index is 0.166. The Morgan fingerprint density at radius 1 is 1.24 bits per heavy atom. The molecule has 0 fully saturated rings. The first-order valence-electron chi connectivity index (χ1n) is 8.70. The van der Waals surface area contributed by atoms with Gasteiger partial charge in [-0.05, 0) is 56.7 Å². The second-order valence-corrected chi connectivity index (χ2v) is 6.68. The second-order valence-electron chi connectivity index (χ2n) is 6.68. The standard InChI is InChI=1S/C19H32N2/c1-4-6-13-21(16(3)5-2)19(15-20)12-11-17-9-7-8-10-18(17)14-19/h7-10,16H,4-6,11-15,20H2,1-3H3. The van der Waals surface area contributed by atoms with E-state index in [1.807, 2.05) is 0 Å².